The Hall–Kier alpha value is -1.78. The fraction of sp³-hybridized carbons (Fsp3) is 0.333. The molecule has 1 heterocycles. The average Bonchev–Trinajstić information content (AvgIpc) is 2.93. The SMILES string of the molecule is COC(=O)C(C)=Cc1cc(-n2nc3c(c2Cl)CCCC3)ccc1Cl. The highest BCUT2D eigenvalue weighted by atomic mass is 35.5. The molecule has 0 saturated heterocycles. The molecule has 0 fully saturated rings. The largest absolute Gasteiger partial charge is 0.466 e. The second-order valence-corrected chi connectivity index (χ2v) is 6.62. The van der Waals surface area contributed by atoms with Gasteiger partial charge in [0, 0.05) is 16.2 Å². The normalized spacial score (nSPS) is 14.4. The van der Waals surface area contributed by atoms with Crippen molar-refractivity contribution in [1.29, 1.82) is 0 Å². The summed E-state index contributed by atoms with van der Waals surface area (Å²) >= 11 is 12.8. The number of benzene rings is 1. The molecule has 0 amide bonds. The minimum absolute atomic E-state index is 0.385. The lowest BCUT2D eigenvalue weighted by Gasteiger charge is -2.08. The number of methoxy groups -OCH3 is 1. The van der Waals surface area contributed by atoms with Gasteiger partial charge in [0.1, 0.15) is 5.15 Å². The van der Waals surface area contributed by atoms with Gasteiger partial charge in [0.15, 0.2) is 0 Å². The van der Waals surface area contributed by atoms with Crippen molar-refractivity contribution in [3.8, 4) is 5.69 Å². The molecule has 0 saturated carbocycles. The lowest BCUT2D eigenvalue weighted by Crippen LogP contribution is -2.02. The summed E-state index contributed by atoms with van der Waals surface area (Å²) in [5.41, 5.74) is 4.23. The molecule has 1 aliphatic carbocycles. The Morgan fingerprint density at radius 3 is 2.75 bits per heavy atom. The maximum Gasteiger partial charge on any atom is 0.333 e. The number of nitrogens with zero attached hydrogens (tertiary/aromatic N) is 2. The summed E-state index contributed by atoms with van der Waals surface area (Å²) in [5.74, 6) is -0.385. The monoisotopic (exact) mass is 364 g/mol. The highest BCUT2D eigenvalue weighted by Gasteiger charge is 2.20. The number of aryl methyl sites for hydroxylation is 1. The van der Waals surface area contributed by atoms with Crippen LogP contribution < -0.4 is 0 Å². The van der Waals surface area contributed by atoms with E-state index in [-0.39, 0.29) is 5.97 Å². The lowest BCUT2D eigenvalue weighted by atomic mass is 9.99. The van der Waals surface area contributed by atoms with Crippen LogP contribution in [0.4, 0.5) is 0 Å². The number of carbonyl (C=O) groups excluding carboxylic acids is 1. The highest BCUT2D eigenvalue weighted by molar-refractivity contribution is 6.32. The zero-order valence-electron chi connectivity index (χ0n) is 13.6. The van der Waals surface area contributed by atoms with Gasteiger partial charge in [0.25, 0.3) is 0 Å². The van der Waals surface area contributed by atoms with Crippen molar-refractivity contribution in [2.24, 2.45) is 0 Å². The summed E-state index contributed by atoms with van der Waals surface area (Å²) in [6.45, 7) is 1.69. The molecular weight excluding hydrogens is 347 g/mol. The van der Waals surface area contributed by atoms with E-state index in [1.165, 1.54) is 7.11 Å². The first-order chi connectivity index (χ1) is 11.5. The summed E-state index contributed by atoms with van der Waals surface area (Å²) in [6.07, 6.45) is 5.92. The van der Waals surface area contributed by atoms with Crippen molar-refractivity contribution in [3.63, 3.8) is 0 Å². The zero-order valence-corrected chi connectivity index (χ0v) is 15.1. The second-order valence-electron chi connectivity index (χ2n) is 5.86. The van der Waals surface area contributed by atoms with Crippen LogP contribution in [0, 0.1) is 0 Å². The number of rotatable bonds is 3. The van der Waals surface area contributed by atoms with Crippen LogP contribution in [0.15, 0.2) is 23.8 Å². The molecule has 3 rings (SSSR count). The molecule has 0 N–H and O–H groups in total. The Morgan fingerprint density at radius 2 is 2.04 bits per heavy atom. The number of halogens is 2. The maximum absolute atomic E-state index is 11.6. The van der Waals surface area contributed by atoms with Crippen LogP contribution in [0.5, 0.6) is 0 Å². The molecule has 2 aromatic rings. The number of ether oxygens (including phenoxy) is 1. The van der Waals surface area contributed by atoms with Crippen molar-refractivity contribution < 1.29 is 9.53 Å². The molecule has 1 aromatic heterocycles. The van der Waals surface area contributed by atoms with Crippen LogP contribution in [0.25, 0.3) is 11.8 Å². The Bertz CT molecular complexity index is 825. The van der Waals surface area contributed by atoms with Crippen LogP contribution in [0.1, 0.15) is 36.6 Å². The molecule has 0 radical (unpaired) electrons. The van der Waals surface area contributed by atoms with Crippen molar-refractivity contribution in [1.82, 2.24) is 9.78 Å². The topological polar surface area (TPSA) is 44.1 Å². The average molecular weight is 365 g/mol. The van der Waals surface area contributed by atoms with Gasteiger partial charge in [0.2, 0.25) is 0 Å². The van der Waals surface area contributed by atoms with Crippen LogP contribution in [0.2, 0.25) is 10.2 Å². The molecule has 0 bridgehead atoms. The fourth-order valence-corrected chi connectivity index (χ4v) is 3.42. The minimum atomic E-state index is -0.385. The van der Waals surface area contributed by atoms with Gasteiger partial charge in [-0.05, 0) is 62.4 Å². The molecule has 1 aliphatic rings. The van der Waals surface area contributed by atoms with E-state index in [2.05, 4.69) is 5.10 Å². The zero-order chi connectivity index (χ0) is 17.3. The minimum Gasteiger partial charge on any atom is -0.466 e. The summed E-state index contributed by atoms with van der Waals surface area (Å²) in [4.78, 5) is 11.6. The first kappa shape index (κ1) is 17.1. The van der Waals surface area contributed by atoms with E-state index < -0.39 is 0 Å². The molecule has 0 aliphatic heterocycles. The summed E-state index contributed by atoms with van der Waals surface area (Å²) in [6, 6.07) is 5.53. The van der Waals surface area contributed by atoms with Gasteiger partial charge in [-0.1, -0.05) is 23.2 Å². The van der Waals surface area contributed by atoms with Crippen molar-refractivity contribution in [2.75, 3.05) is 7.11 Å². The molecule has 1 aromatic carbocycles. The Labute approximate surface area is 151 Å². The van der Waals surface area contributed by atoms with Gasteiger partial charge in [-0.3, -0.25) is 0 Å². The van der Waals surface area contributed by atoms with E-state index in [1.54, 1.807) is 23.7 Å². The van der Waals surface area contributed by atoms with Crippen LogP contribution in [-0.2, 0) is 22.4 Å². The van der Waals surface area contributed by atoms with Gasteiger partial charge in [-0.2, -0.15) is 5.10 Å². The van der Waals surface area contributed by atoms with Crippen LogP contribution >= 0.6 is 23.2 Å². The Morgan fingerprint density at radius 1 is 1.29 bits per heavy atom. The third-order valence-electron chi connectivity index (χ3n) is 4.20. The number of fused-ring (bicyclic) bond motifs is 1. The van der Waals surface area contributed by atoms with Crippen LogP contribution in [0.3, 0.4) is 0 Å². The molecule has 0 spiro atoms. The van der Waals surface area contributed by atoms with Gasteiger partial charge < -0.3 is 4.74 Å². The summed E-state index contributed by atoms with van der Waals surface area (Å²) < 4.78 is 6.47. The second kappa shape index (κ2) is 6.99. The fourth-order valence-electron chi connectivity index (χ4n) is 2.91. The first-order valence-electron chi connectivity index (χ1n) is 7.84. The third kappa shape index (κ3) is 3.21. The molecule has 4 nitrogen and oxygen atoms in total. The predicted molar refractivity (Wildman–Crippen MR) is 95.9 cm³/mol. The van der Waals surface area contributed by atoms with E-state index in [0.29, 0.717) is 15.7 Å². The van der Waals surface area contributed by atoms with E-state index in [9.17, 15) is 4.79 Å². The smallest absolute Gasteiger partial charge is 0.333 e. The number of hydrogen-bond donors (Lipinski definition) is 0. The molecule has 0 atom stereocenters. The quantitative estimate of drug-likeness (QED) is 0.588. The van der Waals surface area contributed by atoms with E-state index in [1.807, 2.05) is 12.1 Å². The van der Waals surface area contributed by atoms with Crippen molar-refractivity contribution in [3.05, 3.63) is 50.8 Å². The molecule has 6 heteroatoms. The van der Waals surface area contributed by atoms with Crippen molar-refractivity contribution >= 4 is 35.2 Å². The van der Waals surface area contributed by atoms with E-state index >= 15 is 0 Å². The van der Waals surface area contributed by atoms with Gasteiger partial charge in [0.05, 0.1) is 18.5 Å². The molecule has 126 valence electrons. The summed E-state index contributed by atoms with van der Waals surface area (Å²) in [5, 5.41) is 5.86. The number of hydrogen-bond acceptors (Lipinski definition) is 3. The first-order valence-corrected chi connectivity index (χ1v) is 8.59. The standard InChI is InChI=1S/C18H18Cl2N2O2/c1-11(18(23)24-2)9-12-10-13(7-8-15(12)19)22-17(20)14-5-3-4-6-16(14)21-22/h7-10H,3-6H2,1-2H3. The Balaban J connectivity index is 2.03. The molecular formula is C18H18Cl2N2O2. The molecule has 0 unspecified atom stereocenters. The predicted octanol–water partition coefficient (Wildman–Crippen LogP) is 4.63. The van der Waals surface area contributed by atoms with Gasteiger partial charge in [-0.15, -0.1) is 0 Å². The number of esters is 1. The maximum atomic E-state index is 11.6. The van der Waals surface area contributed by atoms with Gasteiger partial charge in [-0.25, -0.2) is 9.48 Å². The van der Waals surface area contributed by atoms with Crippen LogP contribution in [-0.4, -0.2) is 22.9 Å². The van der Waals surface area contributed by atoms with Gasteiger partial charge >= 0.3 is 5.97 Å². The number of aromatic nitrogens is 2. The number of carbonyl (C=O) groups is 1. The van der Waals surface area contributed by atoms with E-state index in [0.717, 1.165) is 48.2 Å². The van der Waals surface area contributed by atoms with E-state index in [4.69, 9.17) is 27.9 Å². The lowest BCUT2D eigenvalue weighted by molar-refractivity contribution is -0.135. The van der Waals surface area contributed by atoms with Crippen molar-refractivity contribution in [2.45, 2.75) is 32.6 Å². The molecule has 24 heavy (non-hydrogen) atoms. The highest BCUT2D eigenvalue weighted by Crippen LogP contribution is 2.31. The summed E-state index contributed by atoms with van der Waals surface area (Å²) in [7, 11) is 1.35. The Kier molecular flexibility index (Phi) is 4.97. The third-order valence-corrected chi connectivity index (χ3v) is 4.93.